The van der Waals surface area contributed by atoms with Crippen LogP contribution in [0, 0.1) is 0 Å². The Morgan fingerprint density at radius 2 is 0.557 bits per heavy atom. The van der Waals surface area contributed by atoms with Crippen molar-refractivity contribution in [2.24, 2.45) is 0 Å². The maximum Gasteiger partial charge on any atom is 0.252 e. The molecule has 7 aromatic carbocycles. The molecule has 0 bridgehead atoms. The van der Waals surface area contributed by atoms with Crippen LogP contribution in [0.4, 0.5) is 34.1 Å². The summed E-state index contributed by atoms with van der Waals surface area (Å²) < 4.78 is 0. The minimum Gasteiger partial charge on any atom is -0.311 e. The van der Waals surface area contributed by atoms with Gasteiger partial charge < -0.3 is 9.80 Å². The van der Waals surface area contributed by atoms with Crippen LogP contribution in [0.15, 0.2) is 146 Å². The molecule has 2 aliphatic rings. The van der Waals surface area contributed by atoms with E-state index in [0.29, 0.717) is 0 Å². The van der Waals surface area contributed by atoms with Crippen molar-refractivity contribution in [2.45, 2.75) is 163 Å². The van der Waals surface area contributed by atoms with Crippen LogP contribution in [0.25, 0.3) is 0 Å². The molecule has 2 aliphatic heterocycles. The van der Waals surface area contributed by atoms with E-state index in [1.54, 1.807) is 0 Å². The number of hydrogen-bond acceptors (Lipinski definition) is 2. The van der Waals surface area contributed by atoms with Crippen LogP contribution < -0.4 is 26.2 Å². The van der Waals surface area contributed by atoms with E-state index in [4.69, 9.17) is 0 Å². The first-order chi connectivity index (χ1) is 32.5. The molecule has 0 saturated heterocycles. The average Bonchev–Trinajstić information content (AvgIpc) is 3.27. The van der Waals surface area contributed by atoms with E-state index in [-0.39, 0.29) is 45.1 Å². The number of anilines is 6. The minimum absolute atomic E-state index is 0.000523. The predicted octanol–water partition coefficient (Wildman–Crippen LogP) is 16.7. The van der Waals surface area contributed by atoms with Crippen LogP contribution in [-0.2, 0) is 32.5 Å². The highest BCUT2D eigenvalue weighted by Crippen LogP contribution is 2.48. The zero-order chi connectivity index (χ0) is 50.7. The molecule has 3 heteroatoms. The second-order valence-corrected chi connectivity index (χ2v) is 26.9. The van der Waals surface area contributed by atoms with Gasteiger partial charge >= 0.3 is 0 Å². The van der Waals surface area contributed by atoms with Crippen LogP contribution in [0.1, 0.15) is 181 Å². The fourth-order valence-corrected chi connectivity index (χ4v) is 10.8. The van der Waals surface area contributed by atoms with E-state index >= 15 is 0 Å². The van der Waals surface area contributed by atoms with Gasteiger partial charge in [-0.3, -0.25) is 0 Å². The zero-order valence-electron chi connectivity index (χ0n) is 45.9. The molecule has 2 heterocycles. The molecule has 0 spiro atoms. The SMILES string of the molecule is CC(C)(C)c1ccc(C(c2ccc(C(C)(C)C)cc2)c2cc3c4c(c2)N(c2ccc(C(C)(C)C)cc2)c2ccc(C(C)(C)C)cc2B4c2cc(C(C)(C)C)ccc2N3c2ccc(C(C)(C)C)cc2)cc1. The van der Waals surface area contributed by atoms with Gasteiger partial charge in [0.2, 0.25) is 0 Å². The number of hydrogen-bond donors (Lipinski definition) is 0. The van der Waals surface area contributed by atoms with Crippen LogP contribution in [0.5, 0.6) is 0 Å². The lowest BCUT2D eigenvalue weighted by atomic mass is 9.33. The number of rotatable bonds is 5. The number of fused-ring (bicyclic) bond motifs is 4. The summed E-state index contributed by atoms with van der Waals surface area (Å²) in [4.78, 5) is 5.21. The predicted molar refractivity (Wildman–Crippen MR) is 306 cm³/mol. The molecule has 0 atom stereocenters. The number of benzene rings is 7. The van der Waals surface area contributed by atoms with Crippen molar-refractivity contribution in [1.82, 2.24) is 0 Å². The standard InChI is InChI=1S/C67H79BN2/c1-62(2,3)46-23-19-43(20-24-46)60(44-21-25-47(26-22-44)63(4,5)6)45-39-58-61-59(40-45)70(53-35-29-49(30-36-53)65(10,11)12)57-38-32-51(67(16,17)18)42-55(57)68(61)54-41-50(66(13,14)15)31-37-56(54)69(58)52-33-27-48(28-34-52)64(7,8)9/h19-42,60H,1-18H3. The summed E-state index contributed by atoms with van der Waals surface area (Å²) in [6.07, 6.45) is 0. The Morgan fingerprint density at radius 1 is 0.286 bits per heavy atom. The van der Waals surface area contributed by atoms with E-state index < -0.39 is 0 Å². The lowest BCUT2D eigenvalue weighted by Gasteiger charge is -2.45. The maximum absolute atomic E-state index is 2.61. The Labute approximate surface area is 423 Å². The van der Waals surface area contributed by atoms with E-state index in [0.717, 1.165) is 0 Å². The minimum atomic E-state index is -0.0366. The van der Waals surface area contributed by atoms with E-state index in [1.807, 2.05) is 0 Å². The van der Waals surface area contributed by atoms with Gasteiger partial charge in [0.05, 0.1) is 0 Å². The van der Waals surface area contributed by atoms with Crippen molar-refractivity contribution in [3.8, 4) is 0 Å². The third-order valence-corrected chi connectivity index (χ3v) is 15.4. The summed E-state index contributed by atoms with van der Waals surface area (Å²) >= 11 is 0. The molecule has 0 aliphatic carbocycles. The summed E-state index contributed by atoms with van der Waals surface area (Å²) in [5.41, 5.74) is 23.3. The topological polar surface area (TPSA) is 6.48 Å². The molecule has 0 saturated carbocycles. The maximum atomic E-state index is 2.61. The highest BCUT2D eigenvalue weighted by molar-refractivity contribution is 7.00. The molecule has 7 aromatic rings. The van der Waals surface area contributed by atoms with Crippen LogP contribution in [0.2, 0.25) is 0 Å². The molecule has 2 nitrogen and oxygen atoms in total. The summed E-state index contributed by atoms with van der Waals surface area (Å²) in [5.74, 6) is -0.0346. The summed E-state index contributed by atoms with van der Waals surface area (Å²) in [7, 11) is 0. The fraction of sp³-hybridized carbons (Fsp3) is 0.373. The average molecular weight is 923 g/mol. The largest absolute Gasteiger partial charge is 0.311 e. The van der Waals surface area contributed by atoms with Crippen LogP contribution in [-0.4, -0.2) is 6.71 Å². The smallest absolute Gasteiger partial charge is 0.252 e. The van der Waals surface area contributed by atoms with E-state index in [2.05, 4.69) is 280 Å². The third kappa shape index (κ3) is 9.08. The Bertz CT molecular complexity index is 2850. The Hall–Kier alpha value is -5.80. The summed E-state index contributed by atoms with van der Waals surface area (Å²) in [6.45, 7) is 41.8. The van der Waals surface area contributed by atoms with Crippen molar-refractivity contribution >= 4 is 57.2 Å². The normalized spacial score (nSPS) is 14.2. The summed E-state index contributed by atoms with van der Waals surface area (Å²) in [6, 6.07) is 57.8. The quantitative estimate of drug-likeness (QED) is 0.125. The van der Waals surface area contributed by atoms with Gasteiger partial charge in [-0.1, -0.05) is 222 Å². The lowest BCUT2D eigenvalue weighted by molar-refractivity contribution is 0.589. The second-order valence-electron chi connectivity index (χ2n) is 26.9. The van der Waals surface area contributed by atoms with Gasteiger partial charge in [-0.15, -0.1) is 0 Å². The van der Waals surface area contributed by atoms with Gasteiger partial charge in [-0.25, -0.2) is 0 Å². The highest BCUT2D eigenvalue weighted by Gasteiger charge is 2.45. The fourth-order valence-electron chi connectivity index (χ4n) is 10.8. The monoisotopic (exact) mass is 923 g/mol. The molecule has 360 valence electrons. The first-order valence-corrected chi connectivity index (χ1v) is 26.0. The molecule has 9 rings (SSSR count). The van der Waals surface area contributed by atoms with Crippen molar-refractivity contribution in [1.29, 1.82) is 0 Å². The Balaban J connectivity index is 1.42. The van der Waals surface area contributed by atoms with Gasteiger partial charge in [-0.05, 0) is 147 Å². The van der Waals surface area contributed by atoms with Crippen LogP contribution in [0.3, 0.4) is 0 Å². The molecular formula is C67H79BN2. The van der Waals surface area contributed by atoms with Gasteiger partial charge in [0, 0.05) is 40.0 Å². The van der Waals surface area contributed by atoms with Gasteiger partial charge in [0.1, 0.15) is 0 Å². The Kier molecular flexibility index (Phi) is 11.9. The highest BCUT2D eigenvalue weighted by atomic mass is 15.2. The molecule has 0 fully saturated rings. The third-order valence-electron chi connectivity index (χ3n) is 15.4. The number of nitrogens with zero attached hydrogens (tertiary/aromatic N) is 2. The molecular weight excluding hydrogens is 844 g/mol. The Morgan fingerprint density at radius 3 is 0.843 bits per heavy atom. The molecule has 0 radical (unpaired) electrons. The molecule has 0 aromatic heterocycles. The lowest BCUT2D eigenvalue weighted by Crippen LogP contribution is -2.61. The van der Waals surface area contributed by atoms with Gasteiger partial charge in [-0.2, -0.15) is 0 Å². The zero-order valence-corrected chi connectivity index (χ0v) is 45.9. The van der Waals surface area contributed by atoms with Crippen LogP contribution >= 0.6 is 0 Å². The molecule has 0 amide bonds. The van der Waals surface area contributed by atoms with Crippen molar-refractivity contribution in [2.75, 3.05) is 9.80 Å². The van der Waals surface area contributed by atoms with Crippen molar-refractivity contribution < 1.29 is 0 Å². The van der Waals surface area contributed by atoms with Crippen molar-refractivity contribution in [3.05, 3.63) is 196 Å². The van der Waals surface area contributed by atoms with E-state index in [9.17, 15) is 0 Å². The molecule has 0 N–H and O–H groups in total. The van der Waals surface area contributed by atoms with Gasteiger partial charge in [0.25, 0.3) is 6.71 Å². The first kappa shape index (κ1) is 49.2. The van der Waals surface area contributed by atoms with Crippen molar-refractivity contribution in [3.63, 3.8) is 0 Å². The second kappa shape index (κ2) is 16.9. The van der Waals surface area contributed by atoms with E-state index in [1.165, 1.54) is 101 Å². The summed E-state index contributed by atoms with van der Waals surface area (Å²) in [5, 5.41) is 0. The molecule has 70 heavy (non-hydrogen) atoms. The first-order valence-electron chi connectivity index (χ1n) is 26.0. The molecule has 0 unspecified atom stereocenters. The van der Waals surface area contributed by atoms with Gasteiger partial charge in [0.15, 0.2) is 0 Å².